The zero-order valence-electron chi connectivity index (χ0n) is 16.8. The molecular weight excluding hydrogens is 442 g/mol. The highest BCUT2D eigenvalue weighted by molar-refractivity contribution is 8.02. The van der Waals surface area contributed by atoms with Crippen molar-refractivity contribution < 1.29 is 22.9 Å². The number of sulfonamides is 1. The van der Waals surface area contributed by atoms with Gasteiger partial charge in [-0.05, 0) is 37.1 Å². The van der Waals surface area contributed by atoms with Crippen LogP contribution in [-0.4, -0.2) is 54.4 Å². The Labute approximate surface area is 184 Å². The van der Waals surface area contributed by atoms with Crippen molar-refractivity contribution in [3.63, 3.8) is 0 Å². The van der Waals surface area contributed by atoms with E-state index in [0.717, 1.165) is 5.69 Å². The Morgan fingerprint density at radius 1 is 1.13 bits per heavy atom. The average Bonchev–Trinajstić information content (AvgIpc) is 3.09. The number of methoxy groups -OCH3 is 1. The minimum absolute atomic E-state index is 0.00932. The molecule has 2 aliphatic heterocycles. The first-order chi connectivity index (χ1) is 14.8. The number of carbonyl (C=O) groups is 1. The van der Waals surface area contributed by atoms with Crippen LogP contribution in [0.1, 0.15) is 12.8 Å². The van der Waals surface area contributed by atoms with Crippen LogP contribution in [0, 0.1) is 10.1 Å². The summed E-state index contributed by atoms with van der Waals surface area (Å²) < 4.78 is 32.7. The maximum Gasteiger partial charge on any atom is 0.269 e. The van der Waals surface area contributed by atoms with Gasteiger partial charge in [0.05, 0.1) is 27.6 Å². The number of thioether (sulfide) groups is 1. The Bertz CT molecular complexity index is 1110. The summed E-state index contributed by atoms with van der Waals surface area (Å²) in [7, 11) is -2.21. The number of nitro benzene ring substituents is 1. The minimum atomic E-state index is -3.78. The van der Waals surface area contributed by atoms with Gasteiger partial charge >= 0.3 is 0 Å². The van der Waals surface area contributed by atoms with Gasteiger partial charge in [0.15, 0.2) is 0 Å². The fourth-order valence-electron chi connectivity index (χ4n) is 4.01. The smallest absolute Gasteiger partial charge is 0.269 e. The molecule has 4 rings (SSSR count). The molecule has 0 unspecified atom stereocenters. The van der Waals surface area contributed by atoms with Gasteiger partial charge in [0.2, 0.25) is 15.9 Å². The van der Waals surface area contributed by atoms with Crippen molar-refractivity contribution in [2.24, 2.45) is 0 Å². The van der Waals surface area contributed by atoms with Gasteiger partial charge in [0.25, 0.3) is 5.69 Å². The summed E-state index contributed by atoms with van der Waals surface area (Å²) >= 11 is 1.54. The van der Waals surface area contributed by atoms with Gasteiger partial charge in [-0.2, -0.15) is 4.31 Å². The fraction of sp³-hybridized carbons (Fsp3) is 0.350. The van der Waals surface area contributed by atoms with Crippen molar-refractivity contribution >= 4 is 39.1 Å². The van der Waals surface area contributed by atoms with Crippen LogP contribution in [-0.2, 0) is 14.8 Å². The van der Waals surface area contributed by atoms with Crippen molar-refractivity contribution in [1.82, 2.24) is 4.31 Å². The molecule has 0 radical (unpaired) electrons. The molecule has 2 fully saturated rings. The molecule has 2 aliphatic rings. The van der Waals surface area contributed by atoms with Crippen molar-refractivity contribution in [3.05, 3.63) is 58.6 Å². The van der Waals surface area contributed by atoms with E-state index < -0.39 is 19.8 Å². The van der Waals surface area contributed by atoms with Crippen LogP contribution in [0.3, 0.4) is 0 Å². The van der Waals surface area contributed by atoms with Gasteiger partial charge in [0.1, 0.15) is 5.75 Å². The van der Waals surface area contributed by atoms with E-state index in [1.807, 2.05) is 24.3 Å². The highest BCUT2D eigenvalue weighted by Gasteiger charge is 2.50. The molecule has 2 aromatic carbocycles. The Kier molecular flexibility index (Phi) is 5.67. The molecule has 0 aromatic heterocycles. The molecule has 11 heteroatoms. The Morgan fingerprint density at radius 2 is 1.81 bits per heavy atom. The zero-order valence-corrected chi connectivity index (χ0v) is 18.4. The summed E-state index contributed by atoms with van der Waals surface area (Å²) in [5.41, 5.74) is 0.576. The van der Waals surface area contributed by atoms with E-state index in [0.29, 0.717) is 24.3 Å². The molecule has 2 saturated heterocycles. The Balaban J connectivity index is 1.55. The number of anilines is 1. The molecular formula is C20H21N3O6S2. The van der Waals surface area contributed by atoms with Crippen LogP contribution < -0.4 is 9.64 Å². The molecule has 2 heterocycles. The van der Waals surface area contributed by atoms with E-state index in [9.17, 15) is 23.3 Å². The van der Waals surface area contributed by atoms with Gasteiger partial charge in [-0.15, -0.1) is 11.8 Å². The number of piperidine rings is 1. The summed E-state index contributed by atoms with van der Waals surface area (Å²) in [5.74, 6) is 0.979. The number of rotatable bonds is 5. The van der Waals surface area contributed by atoms with Crippen LogP contribution in [0.25, 0.3) is 0 Å². The van der Waals surface area contributed by atoms with Crippen molar-refractivity contribution in [2.75, 3.05) is 30.9 Å². The second-order valence-corrected chi connectivity index (χ2v) is 10.6. The van der Waals surface area contributed by atoms with E-state index in [4.69, 9.17) is 4.74 Å². The third kappa shape index (κ3) is 3.88. The second kappa shape index (κ2) is 8.13. The van der Waals surface area contributed by atoms with E-state index in [-0.39, 0.29) is 29.6 Å². The summed E-state index contributed by atoms with van der Waals surface area (Å²) in [5, 5.41) is 10.8. The number of carbonyl (C=O) groups excluding carboxylic acids is 1. The molecule has 2 aromatic rings. The van der Waals surface area contributed by atoms with E-state index in [1.165, 1.54) is 28.6 Å². The SMILES string of the molecule is COc1cccc(N2C(=O)CSC23CCN(S(=O)(=O)c2ccc([N+](=O)[O-])cc2)CC3)c1. The second-order valence-electron chi connectivity index (χ2n) is 7.32. The number of hydrogen-bond donors (Lipinski definition) is 0. The van der Waals surface area contributed by atoms with Crippen molar-refractivity contribution in [1.29, 1.82) is 0 Å². The molecule has 0 N–H and O–H groups in total. The maximum atomic E-state index is 13.0. The molecule has 164 valence electrons. The van der Waals surface area contributed by atoms with Gasteiger partial charge in [-0.3, -0.25) is 19.8 Å². The minimum Gasteiger partial charge on any atom is -0.497 e. The van der Waals surface area contributed by atoms with Crippen LogP contribution in [0.4, 0.5) is 11.4 Å². The van der Waals surface area contributed by atoms with Crippen molar-refractivity contribution in [2.45, 2.75) is 22.6 Å². The number of ether oxygens (including phenoxy) is 1. The van der Waals surface area contributed by atoms with Crippen molar-refractivity contribution in [3.8, 4) is 5.75 Å². The van der Waals surface area contributed by atoms with E-state index in [2.05, 4.69) is 0 Å². The first-order valence-electron chi connectivity index (χ1n) is 9.62. The highest BCUT2D eigenvalue weighted by atomic mass is 32.2. The molecule has 0 bridgehead atoms. The number of amides is 1. The summed E-state index contributed by atoms with van der Waals surface area (Å²) in [4.78, 5) is 24.3. The van der Waals surface area contributed by atoms with Gasteiger partial charge in [-0.1, -0.05) is 6.07 Å². The van der Waals surface area contributed by atoms with E-state index in [1.54, 1.807) is 23.8 Å². The quantitative estimate of drug-likeness (QED) is 0.495. The predicted molar refractivity (Wildman–Crippen MR) is 117 cm³/mol. The molecule has 0 aliphatic carbocycles. The molecule has 31 heavy (non-hydrogen) atoms. The van der Waals surface area contributed by atoms with Crippen LogP contribution >= 0.6 is 11.8 Å². The number of non-ortho nitro benzene ring substituents is 1. The topological polar surface area (TPSA) is 110 Å². The average molecular weight is 464 g/mol. The monoisotopic (exact) mass is 463 g/mol. The van der Waals surface area contributed by atoms with Gasteiger partial charge in [0, 0.05) is 37.0 Å². The first kappa shape index (κ1) is 21.6. The largest absolute Gasteiger partial charge is 0.497 e. The van der Waals surface area contributed by atoms with Crippen LogP contribution in [0.2, 0.25) is 0 Å². The highest BCUT2D eigenvalue weighted by Crippen LogP contribution is 2.47. The zero-order chi connectivity index (χ0) is 22.2. The molecule has 9 nitrogen and oxygen atoms in total. The summed E-state index contributed by atoms with van der Waals surface area (Å²) in [6.45, 7) is 0.500. The van der Waals surface area contributed by atoms with Gasteiger partial charge < -0.3 is 4.74 Å². The van der Waals surface area contributed by atoms with E-state index >= 15 is 0 Å². The number of benzene rings is 2. The lowest BCUT2D eigenvalue weighted by atomic mass is 10.0. The van der Waals surface area contributed by atoms with Gasteiger partial charge in [-0.25, -0.2) is 8.42 Å². The lowest BCUT2D eigenvalue weighted by Crippen LogP contribution is -2.53. The molecule has 1 spiro atoms. The Hall–Kier alpha value is -2.63. The van der Waals surface area contributed by atoms with Crippen LogP contribution in [0.5, 0.6) is 5.75 Å². The number of nitro groups is 1. The first-order valence-corrected chi connectivity index (χ1v) is 12.1. The standard InChI is InChI=1S/C20H21N3O6S2/c1-29-17-4-2-3-16(13-17)22-19(24)14-30-20(22)9-11-21(12-10-20)31(27,28)18-7-5-15(6-8-18)23(25)26/h2-8,13H,9-12,14H2,1H3. The Morgan fingerprint density at radius 3 is 2.42 bits per heavy atom. The summed E-state index contributed by atoms with van der Waals surface area (Å²) in [6, 6.07) is 12.2. The predicted octanol–water partition coefficient (Wildman–Crippen LogP) is 2.86. The lowest BCUT2D eigenvalue weighted by molar-refractivity contribution is -0.384. The third-order valence-corrected chi connectivity index (χ3v) is 9.05. The molecule has 0 atom stereocenters. The number of nitrogens with zero attached hydrogens (tertiary/aromatic N) is 3. The molecule has 1 amide bonds. The number of hydrogen-bond acceptors (Lipinski definition) is 7. The van der Waals surface area contributed by atoms with Crippen LogP contribution in [0.15, 0.2) is 53.4 Å². The lowest BCUT2D eigenvalue weighted by Gasteiger charge is -2.43. The summed E-state index contributed by atoms with van der Waals surface area (Å²) in [6.07, 6.45) is 0.958. The maximum absolute atomic E-state index is 13.0. The normalized spacial score (nSPS) is 19.0. The third-order valence-electron chi connectivity index (χ3n) is 5.62. The fourth-order valence-corrected chi connectivity index (χ4v) is 6.78. The molecule has 0 saturated carbocycles.